The number of halogens is 1. The first-order valence-corrected chi connectivity index (χ1v) is 9.67. The van der Waals surface area contributed by atoms with Crippen LogP contribution in [0.3, 0.4) is 0 Å². The third-order valence-electron chi connectivity index (χ3n) is 4.52. The molecule has 0 spiro atoms. The van der Waals surface area contributed by atoms with Crippen LogP contribution in [-0.4, -0.2) is 23.0 Å². The van der Waals surface area contributed by atoms with Crippen molar-refractivity contribution in [3.8, 4) is 0 Å². The van der Waals surface area contributed by atoms with E-state index in [1.54, 1.807) is 12.1 Å². The number of benzene rings is 3. The molecule has 0 saturated carbocycles. The molecule has 0 aliphatic heterocycles. The van der Waals surface area contributed by atoms with E-state index in [1.165, 1.54) is 48.5 Å². The zero-order chi connectivity index (χ0) is 22.9. The van der Waals surface area contributed by atoms with Gasteiger partial charge in [-0.1, -0.05) is 42.5 Å². The Kier molecular flexibility index (Phi) is 7.47. The van der Waals surface area contributed by atoms with Crippen LogP contribution in [0, 0.1) is 15.9 Å². The monoisotopic (exact) mass is 437 g/mol. The fraction of sp³-hybridized carbons (Fsp3) is 0.130. The quantitative estimate of drug-likeness (QED) is 0.405. The van der Waals surface area contributed by atoms with Crippen molar-refractivity contribution in [1.82, 2.24) is 5.32 Å². The van der Waals surface area contributed by atoms with Crippen molar-refractivity contribution in [1.29, 1.82) is 0 Å². The molecule has 0 saturated heterocycles. The molecular formula is C23H20FN3O5. The third-order valence-corrected chi connectivity index (χ3v) is 4.52. The maximum Gasteiger partial charge on any atom is 0.408 e. The fourth-order valence-corrected chi connectivity index (χ4v) is 2.87. The highest BCUT2D eigenvalue weighted by Gasteiger charge is 2.23. The van der Waals surface area contributed by atoms with Gasteiger partial charge in [0.05, 0.1) is 4.92 Å². The van der Waals surface area contributed by atoms with Crippen LogP contribution in [-0.2, 0) is 22.6 Å². The summed E-state index contributed by atoms with van der Waals surface area (Å²) in [4.78, 5) is 35.4. The molecule has 1 atom stereocenters. The molecule has 0 radical (unpaired) electrons. The summed E-state index contributed by atoms with van der Waals surface area (Å²) in [6.45, 7) is 0.0243. The Morgan fingerprint density at radius 2 is 1.59 bits per heavy atom. The van der Waals surface area contributed by atoms with Crippen LogP contribution in [0.25, 0.3) is 0 Å². The summed E-state index contributed by atoms with van der Waals surface area (Å²) in [5, 5.41) is 16.0. The number of ether oxygens (including phenoxy) is 1. The molecule has 8 nitrogen and oxygen atoms in total. The Morgan fingerprint density at radius 3 is 2.22 bits per heavy atom. The summed E-state index contributed by atoms with van der Waals surface area (Å²) in [5.74, 6) is -1.00. The van der Waals surface area contributed by atoms with Crippen molar-refractivity contribution < 1.29 is 23.6 Å². The van der Waals surface area contributed by atoms with E-state index in [0.29, 0.717) is 11.3 Å². The molecule has 0 aliphatic carbocycles. The van der Waals surface area contributed by atoms with Crippen molar-refractivity contribution >= 4 is 23.4 Å². The lowest BCUT2D eigenvalue weighted by Gasteiger charge is -2.18. The van der Waals surface area contributed by atoms with Gasteiger partial charge in [-0.15, -0.1) is 0 Å². The zero-order valence-corrected chi connectivity index (χ0v) is 16.9. The van der Waals surface area contributed by atoms with Crippen LogP contribution >= 0.6 is 0 Å². The van der Waals surface area contributed by atoms with Crippen LogP contribution in [0.2, 0.25) is 0 Å². The first-order valence-electron chi connectivity index (χ1n) is 9.67. The summed E-state index contributed by atoms with van der Waals surface area (Å²) in [7, 11) is 0. The summed E-state index contributed by atoms with van der Waals surface area (Å²) in [6.07, 6.45) is -0.735. The molecule has 0 bridgehead atoms. The largest absolute Gasteiger partial charge is 0.445 e. The second kappa shape index (κ2) is 10.7. The van der Waals surface area contributed by atoms with Crippen molar-refractivity contribution in [2.75, 3.05) is 5.32 Å². The molecule has 0 unspecified atom stereocenters. The van der Waals surface area contributed by atoms with Gasteiger partial charge in [0.15, 0.2) is 0 Å². The second-order valence-electron chi connectivity index (χ2n) is 6.88. The number of nitrogens with one attached hydrogen (secondary N) is 2. The number of amides is 2. The van der Waals surface area contributed by atoms with Crippen molar-refractivity contribution in [2.24, 2.45) is 0 Å². The Balaban J connectivity index is 1.69. The van der Waals surface area contributed by atoms with Gasteiger partial charge in [0.2, 0.25) is 5.91 Å². The van der Waals surface area contributed by atoms with Gasteiger partial charge < -0.3 is 15.4 Å². The predicted octanol–water partition coefficient (Wildman–Crippen LogP) is 4.21. The summed E-state index contributed by atoms with van der Waals surface area (Å²) >= 11 is 0. The van der Waals surface area contributed by atoms with Crippen LogP contribution < -0.4 is 10.6 Å². The molecule has 164 valence electrons. The molecule has 3 aromatic carbocycles. The molecule has 0 heterocycles. The Bertz CT molecular complexity index is 1070. The molecule has 2 amide bonds. The Labute approximate surface area is 183 Å². The van der Waals surface area contributed by atoms with E-state index in [9.17, 15) is 24.1 Å². The van der Waals surface area contributed by atoms with Crippen molar-refractivity contribution in [3.63, 3.8) is 0 Å². The fourth-order valence-electron chi connectivity index (χ4n) is 2.87. The number of hydrogen-bond donors (Lipinski definition) is 2. The minimum Gasteiger partial charge on any atom is -0.445 e. The second-order valence-corrected chi connectivity index (χ2v) is 6.88. The number of nitro benzene ring substituents is 1. The molecule has 32 heavy (non-hydrogen) atoms. The van der Waals surface area contributed by atoms with E-state index in [-0.39, 0.29) is 18.7 Å². The highest BCUT2D eigenvalue weighted by Crippen LogP contribution is 2.15. The average Bonchev–Trinajstić information content (AvgIpc) is 2.80. The van der Waals surface area contributed by atoms with E-state index < -0.39 is 28.8 Å². The van der Waals surface area contributed by atoms with Crippen LogP contribution in [0.1, 0.15) is 11.1 Å². The highest BCUT2D eigenvalue weighted by atomic mass is 19.1. The lowest BCUT2D eigenvalue weighted by atomic mass is 10.0. The molecule has 0 aliphatic rings. The number of hydrogen-bond acceptors (Lipinski definition) is 5. The molecule has 3 rings (SSSR count). The van der Waals surface area contributed by atoms with E-state index in [4.69, 9.17) is 4.74 Å². The smallest absolute Gasteiger partial charge is 0.408 e. The molecule has 0 aromatic heterocycles. The maximum absolute atomic E-state index is 13.1. The van der Waals surface area contributed by atoms with Crippen LogP contribution in [0.4, 0.5) is 20.6 Å². The standard InChI is InChI=1S/C23H20FN3O5/c24-18-8-10-19(11-9-18)25-22(28)21(14-16-6-12-20(13-7-16)27(30)31)26-23(29)32-15-17-4-2-1-3-5-17/h1-13,21H,14-15H2,(H,25,28)(H,26,29)/t21-/m1/s1. The number of nitro groups is 1. The zero-order valence-electron chi connectivity index (χ0n) is 16.9. The van der Waals surface area contributed by atoms with E-state index in [2.05, 4.69) is 10.6 Å². The first kappa shape index (κ1) is 22.4. The van der Waals surface area contributed by atoms with Crippen LogP contribution in [0.15, 0.2) is 78.9 Å². The number of non-ortho nitro benzene ring substituents is 1. The maximum atomic E-state index is 13.1. The normalized spacial score (nSPS) is 11.3. The summed E-state index contributed by atoms with van der Waals surface area (Å²) in [6, 6.07) is 18.8. The van der Waals surface area contributed by atoms with Gasteiger partial charge in [0.1, 0.15) is 18.5 Å². The Morgan fingerprint density at radius 1 is 0.938 bits per heavy atom. The van der Waals surface area contributed by atoms with Crippen molar-refractivity contribution in [2.45, 2.75) is 19.1 Å². The number of alkyl carbamates (subject to hydrolysis) is 1. The molecule has 9 heteroatoms. The minimum absolute atomic E-state index is 0.0243. The van der Waals surface area contributed by atoms with E-state index >= 15 is 0 Å². The highest BCUT2D eigenvalue weighted by molar-refractivity contribution is 5.96. The average molecular weight is 437 g/mol. The first-order chi connectivity index (χ1) is 15.4. The van der Waals surface area contributed by atoms with Gasteiger partial charge in [-0.2, -0.15) is 0 Å². The Hall–Kier alpha value is -4.27. The topological polar surface area (TPSA) is 111 Å². The number of anilines is 1. The number of rotatable bonds is 8. The van der Waals surface area contributed by atoms with Gasteiger partial charge in [0, 0.05) is 24.2 Å². The molecule has 2 N–H and O–H groups in total. The SMILES string of the molecule is O=C(N[C@H](Cc1ccc([N+](=O)[O-])cc1)C(=O)Nc1ccc(F)cc1)OCc1ccccc1. The van der Waals surface area contributed by atoms with Gasteiger partial charge in [-0.05, 0) is 35.4 Å². The van der Waals surface area contributed by atoms with Crippen LogP contribution in [0.5, 0.6) is 0 Å². The molecular weight excluding hydrogens is 417 g/mol. The molecule has 0 fully saturated rings. The van der Waals surface area contributed by atoms with Gasteiger partial charge >= 0.3 is 6.09 Å². The third kappa shape index (κ3) is 6.63. The van der Waals surface area contributed by atoms with Crippen molar-refractivity contribution in [3.05, 3.63) is 106 Å². The number of nitrogens with zero attached hydrogens (tertiary/aromatic N) is 1. The van der Waals surface area contributed by atoms with Gasteiger partial charge in [-0.25, -0.2) is 9.18 Å². The number of carbonyl (C=O) groups excluding carboxylic acids is 2. The number of carbonyl (C=O) groups is 2. The minimum atomic E-state index is -1.04. The van der Waals surface area contributed by atoms with Gasteiger partial charge in [-0.3, -0.25) is 14.9 Å². The lowest BCUT2D eigenvalue weighted by Crippen LogP contribution is -2.45. The predicted molar refractivity (Wildman–Crippen MR) is 115 cm³/mol. The van der Waals surface area contributed by atoms with Gasteiger partial charge in [0.25, 0.3) is 5.69 Å². The summed E-state index contributed by atoms with van der Waals surface area (Å²) < 4.78 is 18.3. The van der Waals surface area contributed by atoms with E-state index in [1.807, 2.05) is 18.2 Å². The lowest BCUT2D eigenvalue weighted by molar-refractivity contribution is -0.384. The summed E-state index contributed by atoms with van der Waals surface area (Å²) in [5.41, 5.74) is 1.64. The van der Waals surface area contributed by atoms with E-state index in [0.717, 1.165) is 5.56 Å². The molecule has 3 aromatic rings.